The summed E-state index contributed by atoms with van der Waals surface area (Å²) in [6, 6.07) is 14.1. The smallest absolute Gasteiger partial charge is 0.283 e. The molecule has 5 rings (SSSR count). The van der Waals surface area contributed by atoms with E-state index in [1.165, 1.54) is 0 Å². The SMILES string of the molecule is NC1=NC2(CO1)c1cc(-c3cccc(Cl)c3)ccc1O[C@H]1CC[C@H](O)C[C@@H]12. The summed E-state index contributed by atoms with van der Waals surface area (Å²) < 4.78 is 11.9. The molecule has 2 heterocycles. The van der Waals surface area contributed by atoms with E-state index in [9.17, 15) is 5.11 Å². The van der Waals surface area contributed by atoms with Gasteiger partial charge in [-0.3, -0.25) is 0 Å². The van der Waals surface area contributed by atoms with Gasteiger partial charge in [0, 0.05) is 16.5 Å². The van der Waals surface area contributed by atoms with E-state index in [0.717, 1.165) is 35.3 Å². The van der Waals surface area contributed by atoms with Crippen molar-refractivity contribution in [2.24, 2.45) is 16.6 Å². The number of hydrogen-bond acceptors (Lipinski definition) is 5. The number of aliphatic imine (C=N–C) groups is 1. The molecular weight excluding hydrogens is 364 g/mol. The van der Waals surface area contributed by atoms with Crippen molar-refractivity contribution in [3.8, 4) is 16.9 Å². The maximum absolute atomic E-state index is 10.3. The van der Waals surface area contributed by atoms with E-state index in [1.807, 2.05) is 36.4 Å². The third kappa shape index (κ3) is 2.68. The Morgan fingerprint density at radius 3 is 2.78 bits per heavy atom. The predicted octanol–water partition coefficient (Wildman–Crippen LogP) is 3.47. The number of hydrogen-bond donors (Lipinski definition) is 2. The summed E-state index contributed by atoms with van der Waals surface area (Å²) in [5.74, 6) is 0.852. The van der Waals surface area contributed by atoms with Gasteiger partial charge in [0.05, 0.1) is 6.10 Å². The Balaban J connectivity index is 1.66. The predicted molar refractivity (Wildman–Crippen MR) is 104 cm³/mol. The molecule has 2 aliphatic heterocycles. The number of benzene rings is 2. The summed E-state index contributed by atoms with van der Waals surface area (Å²) in [6.45, 7) is 0.377. The average molecular weight is 385 g/mol. The van der Waals surface area contributed by atoms with Gasteiger partial charge in [0.2, 0.25) is 0 Å². The Kier molecular flexibility index (Phi) is 3.85. The van der Waals surface area contributed by atoms with Crippen LogP contribution in [0.2, 0.25) is 5.02 Å². The molecule has 1 saturated carbocycles. The van der Waals surface area contributed by atoms with Gasteiger partial charge in [-0.1, -0.05) is 29.8 Å². The van der Waals surface area contributed by atoms with E-state index in [1.54, 1.807) is 0 Å². The minimum atomic E-state index is -0.613. The quantitative estimate of drug-likeness (QED) is 0.789. The Morgan fingerprint density at radius 2 is 2.00 bits per heavy atom. The van der Waals surface area contributed by atoms with Gasteiger partial charge in [-0.05, 0) is 54.7 Å². The van der Waals surface area contributed by atoms with Gasteiger partial charge in [0.15, 0.2) is 0 Å². The number of ether oxygens (including phenoxy) is 2. The zero-order valence-electron chi connectivity index (χ0n) is 14.8. The summed E-state index contributed by atoms with van der Waals surface area (Å²) in [4.78, 5) is 4.75. The van der Waals surface area contributed by atoms with Crippen molar-refractivity contribution >= 4 is 17.6 Å². The summed E-state index contributed by atoms with van der Waals surface area (Å²) in [5, 5.41) is 11.0. The molecule has 1 unspecified atom stereocenters. The number of aliphatic hydroxyl groups excluding tert-OH is 1. The fraction of sp³-hybridized carbons (Fsp3) is 0.381. The fourth-order valence-electron chi connectivity index (χ4n) is 4.72. The molecule has 3 aliphatic rings. The van der Waals surface area contributed by atoms with Gasteiger partial charge in [-0.15, -0.1) is 0 Å². The van der Waals surface area contributed by atoms with E-state index in [0.29, 0.717) is 18.1 Å². The van der Waals surface area contributed by atoms with Crippen LogP contribution in [0, 0.1) is 5.92 Å². The minimum Gasteiger partial charge on any atom is -0.490 e. The van der Waals surface area contributed by atoms with E-state index in [-0.39, 0.29) is 24.1 Å². The highest BCUT2D eigenvalue weighted by Crippen LogP contribution is 2.53. The van der Waals surface area contributed by atoms with Crippen LogP contribution in [0.5, 0.6) is 5.75 Å². The molecule has 0 amide bonds. The molecule has 1 fully saturated rings. The molecule has 0 saturated heterocycles. The third-order valence-corrected chi connectivity index (χ3v) is 6.24. The molecule has 1 spiro atoms. The highest BCUT2D eigenvalue weighted by molar-refractivity contribution is 6.30. The molecule has 0 bridgehead atoms. The van der Waals surface area contributed by atoms with Crippen LogP contribution in [0.3, 0.4) is 0 Å². The van der Waals surface area contributed by atoms with Crippen LogP contribution in [0.15, 0.2) is 47.5 Å². The first-order valence-corrected chi connectivity index (χ1v) is 9.66. The molecule has 6 heteroatoms. The normalized spacial score (nSPS) is 31.5. The van der Waals surface area contributed by atoms with Crippen LogP contribution in [0.1, 0.15) is 24.8 Å². The Bertz CT molecular complexity index is 931. The van der Waals surface area contributed by atoms with Crippen molar-refractivity contribution < 1.29 is 14.6 Å². The summed E-state index contributed by atoms with van der Waals surface area (Å²) in [7, 11) is 0. The van der Waals surface area contributed by atoms with Crippen molar-refractivity contribution in [2.75, 3.05) is 6.61 Å². The van der Waals surface area contributed by atoms with E-state index >= 15 is 0 Å². The number of fused-ring (bicyclic) bond motifs is 4. The molecule has 0 aromatic heterocycles. The van der Waals surface area contributed by atoms with E-state index < -0.39 is 5.54 Å². The lowest BCUT2D eigenvalue weighted by Gasteiger charge is -2.47. The Morgan fingerprint density at radius 1 is 1.15 bits per heavy atom. The van der Waals surface area contributed by atoms with Crippen LogP contribution in [0.25, 0.3) is 11.1 Å². The van der Waals surface area contributed by atoms with Gasteiger partial charge in [-0.25, -0.2) is 4.99 Å². The number of amidine groups is 1. The topological polar surface area (TPSA) is 77.1 Å². The van der Waals surface area contributed by atoms with Gasteiger partial charge in [-0.2, -0.15) is 0 Å². The average Bonchev–Trinajstić information content (AvgIpc) is 3.05. The van der Waals surface area contributed by atoms with Crippen LogP contribution in [0.4, 0.5) is 0 Å². The third-order valence-electron chi connectivity index (χ3n) is 6.00. The van der Waals surface area contributed by atoms with Crippen molar-refractivity contribution in [3.05, 3.63) is 53.1 Å². The standard InChI is InChI=1S/C21H21ClN2O3/c22-14-3-1-2-12(8-14)13-4-6-18-16(9-13)21(11-26-20(23)24-21)17-10-15(25)5-7-19(17)27-18/h1-4,6,8-9,15,17,19,25H,5,7,10-11H2,(H2,23,24)/t15-,17-,19-,21?/m0/s1. The largest absolute Gasteiger partial charge is 0.490 e. The number of aliphatic hydroxyl groups is 1. The van der Waals surface area contributed by atoms with Crippen LogP contribution < -0.4 is 10.5 Å². The Labute approximate surface area is 162 Å². The van der Waals surface area contributed by atoms with Crippen molar-refractivity contribution in [2.45, 2.75) is 37.0 Å². The monoisotopic (exact) mass is 384 g/mol. The maximum atomic E-state index is 10.3. The summed E-state index contributed by atoms with van der Waals surface area (Å²) >= 11 is 6.17. The van der Waals surface area contributed by atoms with Crippen molar-refractivity contribution in [1.82, 2.24) is 0 Å². The van der Waals surface area contributed by atoms with Crippen LogP contribution in [-0.4, -0.2) is 29.9 Å². The minimum absolute atomic E-state index is 0.0103. The van der Waals surface area contributed by atoms with Crippen molar-refractivity contribution in [3.63, 3.8) is 0 Å². The molecule has 5 nitrogen and oxygen atoms in total. The maximum Gasteiger partial charge on any atom is 0.283 e. The van der Waals surface area contributed by atoms with Gasteiger partial charge >= 0.3 is 0 Å². The molecule has 3 N–H and O–H groups in total. The molecule has 2 aromatic carbocycles. The molecule has 4 atom stereocenters. The van der Waals surface area contributed by atoms with Crippen LogP contribution >= 0.6 is 11.6 Å². The first-order valence-electron chi connectivity index (χ1n) is 9.28. The van der Waals surface area contributed by atoms with Crippen LogP contribution in [-0.2, 0) is 10.3 Å². The number of nitrogens with zero attached hydrogens (tertiary/aromatic N) is 1. The molecule has 140 valence electrons. The molecule has 2 aromatic rings. The number of rotatable bonds is 1. The number of halogens is 1. The summed E-state index contributed by atoms with van der Waals surface area (Å²) in [5.41, 5.74) is 8.35. The lowest BCUT2D eigenvalue weighted by Crippen LogP contribution is -2.51. The highest BCUT2D eigenvalue weighted by atomic mass is 35.5. The van der Waals surface area contributed by atoms with E-state index in [4.69, 9.17) is 31.8 Å². The van der Waals surface area contributed by atoms with Gasteiger partial charge in [0.25, 0.3) is 6.02 Å². The lowest BCUT2D eigenvalue weighted by atomic mass is 9.67. The van der Waals surface area contributed by atoms with Crippen molar-refractivity contribution in [1.29, 1.82) is 0 Å². The molecule has 1 aliphatic carbocycles. The second-order valence-corrected chi connectivity index (χ2v) is 8.05. The molecular formula is C21H21ClN2O3. The fourth-order valence-corrected chi connectivity index (χ4v) is 4.91. The van der Waals surface area contributed by atoms with E-state index in [2.05, 4.69) is 6.07 Å². The zero-order chi connectivity index (χ0) is 18.6. The first-order chi connectivity index (χ1) is 13.0. The first kappa shape index (κ1) is 16.9. The summed E-state index contributed by atoms with van der Waals surface area (Å²) in [6.07, 6.45) is 1.84. The molecule has 0 radical (unpaired) electrons. The lowest BCUT2D eigenvalue weighted by molar-refractivity contribution is -0.0359. The Hall–Kier alpha value is -2.24. The zero-order valence-corrected chi connectivity index (χ0v) is 15.5. The molecule has 27 heavy (non-hydrogen) atoms. The second-order valence-electron chi connectivity index (χ2n) is 7.61. The number of nitrogens with two attached hydrogens (primary N) is 1. The highest BCUT2D eigenvalue weighted by Gasteiger charge is 2.55. The second kappa shape index (κ2) is 6.14. The van der Waals surface area contributed by atoms with Gasteiger partial charge in [0.1, 0.15) is 24.0 Å². The van der Waals surface area contributed by atoms with Gasteiger partial charge < -0.3 is 20.3 Å².